The monoisotopic (exact) mass is 494 g/mol. The Hall–Kier alpha value is -4.06. The first-order chi connectivity index (χ1) is 18.1. The van der Waals surface area contributed by atoms with E-state index in [1.54, 1.807) is 18.2 Å². The number of rotatable bonds is 9. The zero-order chi connectivity index (χ0) is 25.6. The van der Waals surface area contributed by atoms with Gasteiger partial charge in [0.15, 0.2) is 0 Å². The molecule has 1 saturated carbocycles. The average molecular weight is 495 g/mol. The van der Waals surface area contributed by atoms with Crippen LogP contribution in [-0.4, -0.2) is 16.1 Å². The minimum atomic E-state index is -0.972. The van der Waals surface area contributed by atoms with Crippen LogP contribution in [0.1, 0.15) is 70.8 Å². The molecule has 0 saturated heterocycles. The van der Waals surface area contributed by atoms with E-state index in [0.29, 0.717) is 12.5 Å². The van der Waals surface area contributed by atoms with E-state index in [1.165, 1.54) is 6.42 Å². The molecule has 6 nitrogen and oxygen atoms in total. The fraction of sp³-hybridized carbons (Fsp3) is 0.290. The van der Waals surface area contributed by atoms with Crippen LogP contribution < -0.4 is 4.74 Å². The molecule has 1 aliphatic rings. The van der Waals surface area contributed by atoms with Crippen LogP contribution in [0.25, 0.3) is 10.9 Å². The summed E-state index contributed by atoms with van der Waals surface area (Å²) in [5.74, 6) is 0.139. The van der Waals surface area contributed by atoms with E-state index in [2.05, 4.69) is 28.4 Å². The lowest BCUT2D eigenvalue weighted by molar-refractivity contribution is 0.0696. The molecule has 1 heterocycles. The van der Waals surface area contributed by atoms with Gasteiger partial charge in [-0.05, 0) is 71.8 Å². The second-order valence-electron chi connectivity index (χ2n) is 9.73. The zero-order valence-corrected chi connectivity index (χ0v) is 20.7. The van der Waals surface area contributed by atoms with Gasteiger partial charge < -0.3 is 9.84 Å². The van der Waals surface area contributed by atoms with Gasteiger partial charge in [0.25, 0.3) is 0 Å². The maximum absolute atomic E-state index is 11.8. The third-order valence-corrected chi connectivity index (χ3v) is 7.37. The van der Waals surface area contributed by atoms with Gasteiger partial charge in [-0.2, -0.15) is 4.91 Å². The predicted octanol–water partition coefficient (Wildman–Crippen LogP) is 7.49. The standard InChI is InChI=1S/C31H30N2O4/c34-31(35)24-10-11-25(19-32-36)28(18-24)30(22-7-2-1-3-8-22)23-13-16-27(17-14-23)37-20-26-15-12-21-6-4-5-9-29(21)33-26/h4-6,9-18,22,30H,1-3,7-8,19-20H2,(H,34,35). The molecule has 5 rings (SSSR count). The molecule has 0 amide bonds. The molecule has 6 heteroatoms. The Balaban J connectivity index is 1.42. The highest BCUT2D eigenvalue weighted by Gasteiger charge is 2.29. The number of hydrogen-bond acceptors (Lipinski definition) is 5. The van der Waals surface area contributed by atoms with Crippen LogP contribution in [0.4, 0.5) is 0 Å². The zero-order valence-electron chi connectivity index (χ0n) is 20.7. The quantitative estimate of drug-likeness (QED) is 0.244. The summed E-state index contributed by atoms with van der Waals surface area (Å²) in [5.41, 5.74) is 4.81. The van der Waals surface area contributed by atoms with Crippen molar-refractivity contribution in [2.75, 3.05) is 0 Å². The van der Waals surface area contributed by atoms with Crippen molar-refractivity contribution in [1.29, 1.82) is 0 Å². The maximum atomic E-state index is 11.8. The third-order valence-electron chi connectivity index (χ3n) is 7.37. The molecule has 4 aromatic rings. The van der Waals surface area contributed by atoms with Crippen LogP contribution in [0, 0.1) is 10.8 Å². The maximum Gasteiger partial charge on any atom is 0.335 e. The molecule has 0 spiro atoms. The number of nitrogens with zero attached hydrogens (tertiary/aromatic N) is 2. The number of aromatic carboxylic acids is 1. The molecule has 1 unspecified atom stereocenters. The Labute approximate surface area is 216 Å². The number of benzene rings is 3. The molecular formula is C31H30N2O4. The first-order valence-electron chi connectivity index (χ1n) is 12.8. The molecule has 37 heavy (non-hydrogen) atoms. The van der Waals surface area contributed by atoms with Crippen molar-refractivity contribution < 1.29 is 14.6 Å². The smallest absolute Gasteiger partial charge is 0.335 e. The summed E-state index contributed by atoms with van der Waals surface area (Å²) < 4.78 is 6.04. The van der Waals surface area contributed by atoms with E-state index >= 15 is 0 Å². The molecule has 0 aliphatic heterocycles. The van der Waals surface area contributed by atoms with Gasteiger partial charge in [-0.25, -0.2) is 9.78 Å². The van der Waals surface area contributed by atoms with Gasteiger partial charge >= 0.3 is 5.97 Å². The number of hydrogen-bond donors (Lipinski definition) is 1. The van der Waals surface area contributed by atoms with Crippen molar-refractivity contribution in [3.8, 4) is 5.75 Å². The Kier molecular flexibility index (Phi) is 7.54. The number of pyridine rings is 1. The van der Waals surface area contributed by atoms with Crippen molar-refractivity contribution in [2.45, 2.75) is 51.2 Å². The van der Waals surface area contributed by atoms with Gasteiger partial charge in [0, 0.05) is 11.3 Å². The van der Waals surface area contributed by atoms with Gasteiger partial charge in [0.05, 0.1) is 16.8 Å². The average Bonchev–Trinajstić information content (AvgIpc) is 2.94. The van der Waals surface area contributed by atoms with Crippen LogP contribution in [0.3, 0.4) is 0 Å². The highest BCUT2D eigenvalue weighted by molar-refractivity contribution is 5.88. The number of aromatic nitrogens is 1. The molecule has 3 aromatic carbocycles. The minimum Gasteiger partial charge on any atom is -0.487 e. The Bertz CT molecular complexity index is 1390. The van der Waals surface area contributed by atoms with Gasteiger partial charge in [-0.1, -0.05) is 66.9 Å². The molecule has 1 aliphatic carbocycles. The van der Waals surface area contributed by atoms with Crippen LogP contribution >= 0.6 is 0 Å². The summed E-state index contributed by atoms with van der Waals surface area (Å²) in [5, 5.41) is 13.9. The summed E-state index contributed by atoms with van der Waals surface area (Å²) in [4.78, 5) is 27.6. The summed E-state index contributed by atoms with van der Waals surface area (Å²) >= 11 is 0. The first kappa shape index (κ1) is 24.6. The highest BCUT2D eigenvalue weighted by atomic mass is 16.5. The topological polar surface area (TPSA) is 88.9 Å². The number of ether oxygens (including phenoxy) is 1. The van der Waals surface area contributed by atoms with Crippen molar-refractivity contribution in [2.24, 2.45) is 11.1 Å². The molecule has 188 valence electrons. The Morgan fingerprint density at radius 1 is 0.973 bits per heavy atom. The molecule has 1 aromatic heterocycles. The number of fused-ring (bicyclic) bond motifs is 1. The second-order valence-corrected chi connectivity index (χ2v) is 9.73. The van der Waals surface area contributed by atoms with Crippen molar-refractivity contribution >= 4 is 16.9 Å². The molecule has 0 radical (unpaired) electrons. The van der Waals surface area contributed by atoms with Crippen LogP contribution in [0.2, 0.25) is 0 Å². The lowest BCUT2D eigenvalue weighted by Gasteiger charge is -2.32. The SMILES string of the molecule is O=NCc1ccc(C(=O)O)cc1C(c1ccc(OCc2ccc3ccccc3n2)cc1)C1CCCCC1. The predicted molar refractivity (Wildman–Crippen MR) is 144 cm³/mol. The summed E-state index contributed by atoms with van der Waals surface area (Å²) in [6.07, 6.45) is 5.67. The molecule has 1 atom stereocenters. The molecule has 0 bridgehead atoms. The fourth-order valence-corrected chi connectivity index (χ4v) is 5.52. The number of para-hydroxylation sites is 1. The van der Waals surface area contributed by atoms with E-state index in [9.17, 15) is 14.8 Å². The summed E-state index contributed by atoms with van der Waals surface area (Å²) in [7, 11) is 0. The van der Waals surface area contributed by atoms with Crippen LogP contribution in [0.5, 0.6) is 5.75 Å². The number of carboxylic acids is 1. The van der Waals surface area contributed by atoms with Crippen LogP contribution in [0.15, 0.2) is 84.0 Å². The third kappa shape index (κ3) is 5.69. The van der Waals surface area contributed by atoms with E-state index < -0.39 is 5.97 Å². The summed E-state index contributed by atoms with van der Waals surface area (Å²) in [6, 6.07) is 25.1. The van der Waals surface area contributed by atoms with Gasteiger partial charge in [0.1, 0.15) is 18.9 Å². The van der Waals surface area contributed by atoms with E-state index in [1.807, 2.05) is 42.5 Å². The lowest BCUT2D eigenvalue weighted by atomic mass is 9.72. The molecule has 1 fully saturated rings. The normalized spacial score (nSPS) is 14.8. The first-order valence-corrected chi connectivity index (χ1v) is 12.8. The number of carboxylic acid groups (broad SMARTS) is 1. The second kappa shape index (κ2) is 11.3. The van der Waals surface area contributed by atoms with Gasteiger partial charge in [-0.15, -0.1) is 0 Å². The van der Waals surface area contributed by atoms with Crippen molar-refractivity contribution in [3.63, 3.8) is 0 Å². The summed E-state index contributed by atoms with van der Waals surface area (Å²) in [6.45, 7) is 0.393. The Morgan fingerprint density at radius 3 is 2.51 bits per heavy atom. The highest BCUT2D eigenvalue weighted by Crippen LogP contribution is 2.42. The number of carbonyl (C=O) groups is 1. The lowest BCUT2D eigenvalue weighted by Crippen LogP contribution is -2.19. The fourth-order valence-electron chi connectivity index (χ4n) is 5.52. The van der Waals surface area contributed by atoms with Crippen LogP contribution in [-0.2, 0) is 13.2 Å². The molecular weight excluding hydrogens is 464 g/mol. The molecule has 1 N–H and O–H groups in total. The van der Waals surface area contributed by atoms with E-state index in [0.717, 1.165) is 64.7 Å². The van der Waals surface area contributed by atoms with E-state index in [4.69, 9.17) is 4.74 Å². The Morgan fingerprint density at radius 2 is 1.76 bits per heavy atom. The van der Waals surface area contributed by atoms with Crippen molar-refractivity contribution in [1.82, 2.24) is 4.98 Å². The van der Waals surface area contributed by atoms with Gasteiger partial charge in [0.2, 0.25) is 0 Å². The number of nitroso groups, excluding NO2 is 1. The van der Waals surface area contributed by atoms with E-state index in [-0.39, 0.29) is 18.0 Å². The minimum absolute atomic E-state index is 0.00689. The van der Waals surface area contributed by atoms with Crippen molar-refractivity contribution in [3.05, 3.63) is 112 Å². The van der Waals surface area contributed by atoms with Gasteiger partial charge in [-0.3, -0.25) is 0 Å². The largest absolute Gasteiger partial charge is 0.487 e.